The molecule has 0 fully saturated rings. The van der Waals surface area contributed by atoms with E-state index in [1.165, 1.54) is 0 Å². The van der Waals surface area contributed by atoms with E-state index in [1.807, 2.05) is 72.8 Å². The number of rotatable bonds is 4. The molecule has 17 heavy (non-hydrogen) atoms. The molecule has 1 unspecified atom stereocenters. The lowest BCUT2D eigenvalue weighted by atomic mass is 10.1. The summed E-state index contributed by atoms with van der Waals surface area (Å²) in [6, 6.07) is 20.0. The van der Waals surface area contributed by atoms with Gasteiger partial charge >= 0.3 is 0 Å². The summed E-state index contributed by atoms with van der Waals surface area (Å²) in [6.07, 6.45) is 4.35. The second-order valence-electron chi connectivity index (χ2n) is 3.78. The Morgan fingerprint density at radius 2 is 1.59 bits per heavy atom. The minimum Gasteiger partial charge on any atom is -0.125 e. The first-order valence-corrected chi connectivity index (χ1v) is 5.79. The highest BCUT2D eigenvalue weighted by molar-refractivity contribution is 5.47. The largest absolute Gasteiger partial charge is 0.125 e. The molecule has 84 valence electrons. The topological polar surface area (TPSA) is 0 Å². The lowest BCUT2D eigenvalue weighted by Gasteiger charge is -1.94. The summed E-state index contributed by atoms with van der Waals surface area (Å²) in [7, 11) is 0. The Morgan fingerprint density at radius 1 is 0.941 bits per heavy atom. The average molecular weight is 221 g/mol. The van der Waals surface area contributed by atoms with Crippen LogP contribution >= 0.6 is 0 Å². The zero-order valence-electron chi connectivity index (χ0n) is 10.7. The molecule has 0 heterocycles. The van der Waals surface area contributed by atoms with E-state index in [2.05, 4.69) is 5.73 Å². The van der Waals surface area contributed by atoms with Crippen LogP contribution in [0.2, 0.25) is 0 Å². The quantitative estimate of drug-likeness (QED) is 0.667. The van der Waals surface area contributed by atoms with Crippen LogP contribution in [0.4, 0.5) is 0 Å². The molecule has 0 amide bonds. The highest BCUT2D eigenvalue weighted by Gasteiger charge is 1.87. The van der Waals surface area contributed by atoms with Gasteiger partial charge in [0.2, 0.25) is 0 Å². The van der Waals surface area contributed by atoms with Crippen LogP contribution in [0.5, 0.6) is 0 Å². The van der Waals surface area contributed by atoms with Crippen LogP contribution in [0.15, 0.2) is 72.5 Å². The van der Waals surface area contributed by atoms with Gasteiger partial charge < -0.3 is 0 Å². The maximum Gasteiger partial charge on any atom is 0.0319 e. The molecule has 0 saturated heterocycles. The molecule has 0 aromatic heterocycles. The smallest absolute Gasteiger partial charge is 0.0319 e. The summed E-state index contributed by atoms with van der Waals surface area (Å²) in [6.45, 7) is 0. The molecule has 0 bridgehead atoms. The number of hydrogen-bond acceptors (Lipinski definition) is 0. The summed E-state index contributed by atoms with van der Waals surface area (Å²) in [5.41, 5.74) is 5.32. The minimum absolute atomic E-state index is 0.206. The van der Waals surface area contributed by atoms with Gasteiger partial charge in [-0.2, -0.15) is 0 Å². The fourth-order valence-electron chi connectivity index (χ4n) is 1.56. The average Bonchev–Trinajstić information content (AvgIpc) is 2.45. The van der Waals surface area contributed by atoms with E-state index >= 15 is 0 Å². The fraction of sp³-hybridized carbons (Fsp3) is 0.118. The first-order valence-electron chi connectivity index (χ1n) is 6.37. The SMILES string of the molecule is [2H]C(CC=C=Cc1ccccc1)c1ccccc1. The zero-order valence-corrected chi connectivity index (χ0v) is 9.71. The molecule has 0 spiro atoms. The Balaban J connectivity index is 1.94. The van der Waals surface area contributed by atoms with Gasteiger partial charge in [-0.15, -0.1) is 5.73 Å². The molecule has 2 aromatic rings. The Morgan fingerprint density at radius 3 is 2.29 bits per heavy atom. The van der Waals surface area contributed by atoms with Crippen molar-refractivity contribution < 1.29 is 1.37 Å². The number of allylic oxidation sites excluding steroid dienone is 1. The first-order chi connectivity index (χ1) is 8.86. The molecular formula is C17H16. The maximum absolute atomic E-state index is 8.01. The molecular weight excluding hydrogens is 204 g/mol. The predicted molar refractivity (Wildman–Crippen MR) is 73.8 cm³/mol. The van der Waals surface area contributed by atoms with Crippen LogP contribution in [0.3, 0.4) is 0 Å². The van der Waals surface area contributed by atoms with Gasteiger partial charge in [-0.05, 0) is 36.1 Å². The number of benzene rings is 2. The van der Waals surface area contributed by atoms with Crippen LogP contribution in [0.1, 0.15) is 18.9 Å². The summed E-state index contributed by atoms with van der Waals surface area (Å²) in [4.78, 5) is 0. The molecule has 0 aliphatic carbocycles. The van der Waals surface area contributed by atoms with E-state index in [1.54, 1.807) is 0 Å². The van der Waals surface area contributed by atoms with Crippen LogP contribution in [0, 0.1) is 0 Å². The van der Waals surface area contributed by atoms with Crippen molar-refractivity contribution in [3.05, 3.63) is 83.6 Å². The Bertz CT molecular complexity index is 522. The van der Waals surface area contributed by atoms with Crippen LogP contribution < -0.4 is 0 Å². The van der Waals surface area contributed by atoms with Crippen molar-refractivity contribution in [1.29, 1.82) is 0 Å². The van der Waals surface area contributed by atoms with Gasteiger partial charge in [0, 0.05) is 1.37 Å². The lowest BCUT2D eigenvalue weighted by molar-refractivity contribution is 1.00. The van der Waals surface area contributed by atoms with E-state index in [4.69, 9.17) is 1.37 Å². The van der Waals surface area contributed by atoms with Crippen molar-refractivity contribution in [3.8, 4) is 0 Å². The van der Waals surface area contributed by atoms with Crippen molar-refractivity contribution in [1.82, 2.24) is 0 Å². The van der Waals surface area contributed by atoms with Crippen molar-refractivity contribution in [2.24, 2.45) is 0 Å². The lowest BCUT2D eigenvalue weighted by Crippen LogP contribution is -1.80. The normalized spacial score (nSPS) is 12.1. The molecule has 0 aliphatic rings. The molecule has 1 atom stereocenters. The van der Waals surface area contributed by atoms with Crippen LogP contribution in [-0.2, 0) is 6.40 Å². The van der Waals surface area contributed by atoms with Gasteiger partial charge in [0.25, 0.3) is 0 Å². The maximum atomic E-state index is 8.01. The molecule has 0 aliphatic heterocycles. The van der Waals surface area contributed by atoms with E-state index in [0.29, 0.717) is 6.42 Å². The second kappa shape index (κ2) is 6.52. The Labute approximate surface area is 104 Å². The highest BCUT2D eigenvalue weighted by atomic mass is 13.9. The van der Waals surface area contributed by atoms with Gasteiger partial charge in [0.1, 0.15) is 0 Å². The summed E-state index contributed by atoms with van der Waals surface area (Å²) < 4.78 is 8.01. The highest BCUT2D eigenvalue weighted by Crippen LogP contribution is 2.03. The Hall–Kier alpha value is -2.04. The van der Waals surface area contributed by atoms with E-state index in [-0.39, 0.29) is 6.40 Å². The van der Waals surface area contributed by atoms with Crippen molar-refractivity contribution >= 4 is 6.08 Å². The standard InChI is InChI=1S/C17H16/c1-4-10-16(11-5-1)14-8-3-9-15-17-12-6-2-7-13-17/h1-7,10-13,15H,8,14H2/i14D. The first kappa shape index (κ1) is 10.1. The van der Waals surface area contributed by atoms with Gasteiger partial charge in [0.05, 0.1) is 0 Å². The van der Waals surface area contributed by atoms with E-state index < -0.39 is 0 Å². The van der Waals surface area contributed by atoms with Crippen molar-refractivity contribution in [2.45, 2.75) is 12.8 Å². The molecule has 2 rings (SSSR count). The van der Waals surface area contributed by atoms with Crippen molar-refractivity contribution in [3.63, 3.8) is 0 Å². The molecule has 0 N–H and O–H groups in total. The zero-order chi connectivity index (χ0) is 12.6. The van der Waals surface area contributed by atoms with Crippen molar-refractivity contribution in [2.75, 3.05) is 0 Å². The van der Waals surface area contributed by atoms with Crippen LogP contribution in [-0.4, -0.2) is 0 Å². The summed E-state index contributed by atoms with van der Waals surface area (Å²) >= 11 is 0. The summed E-state index contributed by atoms with van der Waals surface area (Å²) in [5, 5.41) is 0. The van der Waals surface area contributed by atoms with E-state index in [9.17, 15) is 0 Å². The van der Waals surface area contributed by atoms with Crippen LogP contribution in [0.25, 0.3) is 6.08 Å². The van der Waals surface area contributed by atoms with Gasteiger partial charge in [-0.3, -0.25) is 0 Å². The monoisotopic (exact) mass is 221 g/mol. The Kier molecular flexibility index (Phi) is 3.89. The minimum atomic E-state index is -0.206. The molecule has 0 heteroatoms. The fourth-order valence-corrected chi connectivity index (χ4v) is 1.56. The number of hydrogen-bond donors (Lipinski definition) is 0. The third-order valence-corrected chi connectivity index (χ3v) is 2.44. The molecule has 0 nitrogen and oxygen atoms in total. The van der Waals surface area contributed by atoms with Gasteiger partial charge in [-0.25, -0.2) is 0 Å². The predicted octanol–water partition coefficient (Wildman–Crippen LogP) is 4.49. The summed E-state index contributed by atoms with van der Waals surface area (Å²) in [5.74, 6) is 0. The van der Waals surface area contributed by atoms with Gasteiger partial charge in [-0.1, -0.05) is 60.7 Å². The third kappa shape index (κ3) is 4.14. The third-order valence-electron chi connectivity index (χ3n) is 2.44. The number of aryl methyl sites for hydroxylation is 1. The van der Waals surface area contributed by atoms with E-state index in [0.717, 1.165) is 11.1 Å². The second-order valence-corrected chi connectivity index (χ2v) is 3.78. The van der Waals surface area contributed by atoms with Gasteiger partial charge in [0.15, 0.2) is 0 Å². The molecule has 0 radical (unpaired) electrons. The molecule has 0 saturated carbocycles. The molecule has 2 aromatic carbocycles.